The second-order valence-electron chi connectivity index (χ2n) is 6.76. The second-order valence-corrected chi connectivity index (χ2v) is 9.11. The van der Waals surface area contributed by atoms with Crippen molar-refractivity contribution in [3.8, 4) is 5.75 Å². The maximum absolute atomic E-state index is 12.8. The molecule has 0 spiro atoms. The first-order chi connectivity index (χ1) is 13.4. The highest BCUT2D eigenvalue weighted by Gasteiger charge is 2.30. The zero-order chi connectivity index (χ0) is 20.1. The number of ether oxygens (including phenoxy) is 1. The summed E-state index contributed by atoms with van der Waals surface area (Å²) >= 11 is 6.08. The van der Waals surface area contributed by atoms with E-state index in [0.29, 0.717) is 36.0 Å². The molecule has 1 fully saturated rings. The predicted molar refractivity (Wildman–Crippen MR) is 108 cm³/mol. The summed E-state index contributed by atoms with van der Waals surface area (Å²) in [6.07, 6.45) is 0. The Morgan fingerprint density at radius 1 is 1.11 bits per heavy atom. The van der Waals surface area contributed by atoms with Gasteiger partial charge in [-0.3, -0.25) is 4.79 Å². The summed E-state index contributed by atoms with van der Waals surface area (Å²) < 4.78 is 32.8. The fraction of sp³-hybridized carbons (Fsp3) is 0.350. The number of rotatable bonds is 7. The maximum Gasteiger partial charge on any atom is 0.243 e. The van der Waals surface area contributed by atoms with Gasteiger partial charge in [0.2, 0.25) is 10.0 Å². The van der Waals surface area contributed by atoms with Crippen LogP contribution >= 0.6 is 11.6 Å². The first-order valence-corrected chi connectivity index (χ1v) is 11.0. The summed E-state index contributed by atoms with van der Waals surface area (Å²) in [5.74, 6) is 0.582. The number of quaternary nitrogens is 1. The highest BCUT2D eigenvalue weighted by molar-refractivity contribution is 7.89. The zero-order valence-corrected chi connectivity index (χ0v) is 17.3. The van der Waals surface area contributed by atoms with Crippen LogP contribution in [0, 0.1) is 0 Å². The van der Waals surface area contributed by atoms with Crippen LogP contribution in [0.25, 0.3) is 0 Å². The first kappa shape index (κ1) is 20.8. The lowest BCUT2D eigenvalue weighted by Crippen LogP contribution is -3.15. The molecule has 6 nitrogen and oxygen atoms in total. The Morgan fingerprint density at radius 3 is 2.36 bits per heavy atom. The van der Waals surface area contributed by atoms with Gasteiger partial charge in [-0.2, -0.15) is 4.31 Å². The summed E-state index contributed by atoms with van der Waals surface area (Å²) in [6.45, 7) is 5.12. The van der Waals surface area contributed by atoms with Crippen molar-refractivity contribution in [1.29, 1.82) is 0 Å². The molecule has 0 amide bonds. The van der Waals surface area contributed by atoms with E-state index < -0.39 is 10.0 Å². The Balaban J connectivity index is 1.51. The third-order valence-electron chi connectivity index (χ3n) is 4.88. The molecule has 1 aliphatic heterocycles. The van der Waals surface area contributed by atoms with Gasteiger partial charge in [-0.05, 0) is 31.2 Å². The van der Waals surface area contributed by atoms with Crippen LogP contribution in [0.4, 0.5) is 0 Å². The molecule has 0 saturated carbocycles. The standard InChI is InChI=1S/C20H23ClN2O4S/c1-16(24)17-6-8-18(9-7-17)28(25,26)23-12-10-22(11-13-23)14-15-27-20-5-3-2-4-19(20)21/h2-9H,10-15H2,1H3/p+1. The van der Waals surface area contributed by atoms with Crippen molar-refractivity contribution >= 4 is 27.4 Å². The molecule has 1 saturated heterocycles. The van der Waals surface area contributed by atoms with Crippen LogP contribution in [0.3, 0.4) is 0 Å². The Hall–Kier alpha value is -1.93. The van der Waals surface area contributed by atoms with Crippen LogP contribution in [0.2, 0.25) is 5.02 Å². The predicted octanol–water partition coefficient (Wildman–Crippen LogP) is 1.51. The quantitative estimate of drug-likeness (QED) is 0.685. The van der Waals surface area contributed by atoms with Crippen LogP contribution in [0.1, 0.15) is 17.3 Å². The molecule has 0 bridgehead atoms. The monoisotopic (exact) mass is 423 g/mol. The van der Waals surface area contributed by atoms with Gasteiger partial charge < -0.3 is 9.64 Å². The average molecular weight is 424 g/mol. The number of Topliss-reactive ketones (excluding diaryl/α,β-unsaturated/α-hetero) is 1. The lowest BCUT2D eigenvalue weighted by molar-refractivity contribution is -0.903. The van der Waals surface area contributed by atoms with Crippen molar-refractivity contribution in [2.45, 2.75) is 11.8 Å². The van der Waals surface area contributed by atoms with E-state index in [0.717, 1.165) is 19.6 Å². The number of carbonyl (C=O) groups is 1. The number of benzene rings is 2. The first-order valence-electron chi connectivity index (χ1n) is 9.20. The molecular formula is C20H24ClN2O4S+. The number of nitrogens with one attached hydrogen (secondary N) is 1. The summed E-state index contributed by atoms with van der Waals surface area (Å²) in [7, 11) is -3.54. The molecular weight excluding hydrogens is 400 g/mol. The van der Waals surface area contributed by atoms with Crippen molar-refractivity contribution < 1.29 is 22.8 Å². The SMILES string of the molecule is CC(=O)c1ccc(S(=O)(=O)N2CC[NH+](CCOc3ccccc3Cl)CC2)cc1. The Bertz CT molecular complexity index is 923. The smallest absolute Gasteiger partial charge is 0.243 e. The van der Waals surface area contributed by atoms with Crippen LogP contribution < -0.4 is 9.64 Å². The summed E-state index contributed by atoms with van der Waals surface area (Å²) in [6, 6.07) is 13.5. The fourth-order valence-electron chi connectivity index (χ4n) is 3.17. The number of halogens is 1. The Morgan fingerprint density at radius 2 is 1.75 bits per heavy atom. The van der Waals surface area contributed by atoms with Crippen molar-refractivity contribution in [1.82, 2.24) is 4.31 Å². The molecule has 8 heteroatoms. The number of hydrogen-bond acceptors (Lipinski definition) is 4. The zero-order valence-electron chi connectivity index (χ0n) is 15.7. The largest absolute Gasteiger partial charge is 0.486 e. The second kappa shape index (κ2) is 9.05. The molecule has 0 aliphatic carbocycles. The third-order valence-corrected chi connectivity index (χ3v) is 7.10. The van der Waals surface area contributed by atoms with Gasteiger partial charge in [0.1, 0.15) is 18.9 Å². The molecule has 0 atom stereocenters. The molecule has 2 aromatic carbocycles. The minimum absolute atomic E-state index is 0.0832. The van der Waals surface area contributed by atoms with Gasteiger partial charge in [-0.25, -0.2) is 8.42 Å². The van der Waals surface area contributed by atoms with Crippen LogP contribution in [0.5, 0.6) is 5.75 Å². The average Bonchev–Trinajstić information content (AvgIpc) is 2.70. The topological polar surface area (TPSA) is 68.1 Å². The van der Waals surface area contributed by atoms with Gasteiger partial charge in [-0.15, -0.1) is 0 Å². The van der Waals surface area contributed by atoms with Gasteiger partial charge in [0.15, 0.2) is 5.78 Å². The molecule has 1 N–H and O–H groups in total. The normalized spacial score (nSPS) is 16.1. The molecule has 1 heterocycles. The van der Waals surface area contributed by atoms with Crippen LogP contribution in [0.15, 0.2) is 53.4 Å². The van der Waals surface area contributed by atoms with E-state index in [4.69, 9.17) is 16.3 Å². The van der Waals surface area contributed by atoms with E-state index in [1.807, 2.05) is 18.2 Å². The Labute approximate surface area is 170 Å². The van der Waals surface area contributed by atoms with E-state index in [-0.39, 0.29) is 10.7 Å². The van der Waals surface area contributed by atoms with Crippen LogP contribution in [-0.4, -0.2) is 57.8 Å². The lowest BCUT2D eigenvalue weighted by atomic mass is 10.2. The number of piperazine rings is 1. The van der Waals surface area contributed by atoms with E-state index in [2.05, 4.69) is 0 Å². The van der Waals surface area contributed by atoms with Gasteiger partial charge >= 0.3 is 0 Å². The molecule has 2 aromatic rings. The van der Waals surface area contributed by atoms with Crippen molar-refractivity contribution in [3.63, 3.8) is 0 Å². The molecule has 1 aliphatic rings. The van der Waals surface area contributed by atoms with E-state index in [1.54, 1.807) is 18.2 Å². The number of sulfonamides is 1. The van der Waals surface area contributed by atoms with Gasteiger partial charge in [0.25, 0.3) is 0 Å². The highest BCUT2D eigenvalue weighted by atomic mass is 35.5. The van der Waals surface area contributed by atoms with E-state index in [9.17, 15) is 13.2 Å². The van der Waals surface area contributed by atoms with Crippen LogP contribution in [-0.2, 0) is 10.0 Å². The summed E-state index contributed by atoms with van der Waals surface area (Å²) in [4.78, 5) is 12.9. The molecule has 0 radical (unpaired) electrons. The number of ketones is 1. The number of carbonyl (C=O) groups excluding carboxylic acids is 1. The molecule has 0 unspecified atom stereocenters. The third kappa shape index (κ3) is 4.91. The van der Waals surface area contributed by atoms with Gasteiger partial charge in [-0.1, -0.05) is 35.9 Å². The molecule has 150 valence electrons. The summed E-state index contributed by atoms with van der Waals surface area (Å²) in [5, 5.41) is 0.587. The van der Waals surface area contributed by atoms with E-state index >= 15 is 0 Å². The minimum atomic E-state index is -3.54. The number of hydrogen-bond donors (Lipinski definition) is 1. The van der Waals surface area contributed by atoms with E-state index in [1.165, 1.54) is 28.3 Å². The molecule has 0 aromatic heterocycles. The lowest BCUT2D eigenvalue weighted by Gasteiger charge is -2.31. The van der Waals surface area contributed by atoms with Gasteiger partial charge in [0, 0.05) is 5.56 Å². The number of para-hydroxylation sites is 1. The van der Waals surface area contributed by atoms with Crippen molar-refractivity contribution in [3.05, 3.63) is 59.1 Å². The summed E-state index contributed by atoms with van der Waals surface area (Å²) in [5.41, 5.74) is 0.506. The highest BCUT2D eigenvalue weighted by Crippen LogP contribution is 2.22. The molecule has 28 heavy (non-hydrogen) atoms. The Kier molecular flexibility index (Phi) is 6.72. The maximum atomic E-state index is 12.8. The van der Waals surface area contributed by atoms with Gasteiger partial charge in [0.05, 0.1) is 36.1 Å². The molecule has 3 rings (SSSR count). The fourth-order valence-corrected chi connectivity index (χ4v) is 4.80. The minimum Gasteiger partial charge on any atom is -0.486 e. The number of nitrogens with zero attached hydrogens (tertiary/aromatic N) is 1. The van der Waals surface area contributed by atoms with Crippen molar-refractivity contribution in [2.24, 2.45) is 0 Å². The van der Waals surface area contributed by atoms with Crippen molar-refractivity contribution in [2.75, 3.05) is 39.3 Å².